The van der Waals surface area contributed by atoms with Crippen molar-refractivity contribution < 1.29 is 24.1 Å². The van der Waals surface area contributed by atoms with Gasteiger partial charge in [0.25, 0.3) is 13.3 Å². The molecule has 0 fully saturated rings. The smallest absolute Gasteiger partial charge is 0.296 e. The maximum atomic E-state index is 11.9. The van der Waals surface area contributed by atoms with Crippen LogP contribution in [0.25, 0.3) is 0 Å². The molecule has 0 aromatic rings. The minimum absolute atomic E-state index is 0.0694. The summed E-state index contributed by atoms with van der Waals surface area (Å²) in [6.45, 7) is 5.93. The van der Waals surface area contributed by atoms with Crippen LogP contribution in [0.2, 0.25) is 0 Å². The molecule has 0 heterocycles. The third kappa shape index (κ3) is 4.61. The fraction of sp³-hybridized carbons (Fsp3) is 0.700. The van der Waals surface area contributed by atoms with E-state index in [1.165, 1.54) is 11.8 Å². The highest BCUT2D eigenvalue weighted by Gasteiger charge is 2.25. The van der Waals surface area contributed by atoms with E-state index in [9.17, 15) is 9.36 Å². The first-order chi connectivity index (χ1) is 8.35. The molecule has 0 radical (unpaired) electrons. The Hall–Kier alpha value is -0.550. The number of amides is 1. The molecule has 0 spiro atoms. The lowest BCUT2D eigenvalue weighted by atomic mass is 10.4. The summed E-state index contributed by atoms with van der Waals surface area (Å²) in [5, 5.41) is 17.5. The summed E-state index contributed by atoms with van der Waals surface area (Å²) in [5.41, 5.74) is 0. The highest BCUT2D eigenvalue weighted by Crippen LogP contribution is 2.47. The van der Waals surface area contributed by atoms with Gasteiger partial charge in [-0.15, -0.1) is 0 Å². The van der Waals surface area contributed by atoms with E-state index in [0.717, 1.165) is 0 Å². The molecular formula is C10H19ClNO5P. The van der Waals surface area contributed by atoms with E-state index in [1.807, 2.05) is 0 Å². The Labute approximate surface area is 112 Å². The maximum Gasteiger partial charge on any atom is 0.296 e. The topological polar surface area (TPSA) is 87.1 Å². The van der Waals surface area contributed by atoms with Crippen molar-refractivity contribution >= 4 is 24.9 Å². The molecule has 0 aliphatic carbocycles. The number of nitrogens with zero attached hydrogens (tertiary/aromatic N) is 1. The van der Waals surface area contributed by atoms with E-state index < -0.39 is 26.0 Å². The lowest BCUT2D eigenvalue weighted by Crippen LogP contribution is -2.31. The molecular weight excluding hydrogens is 281 g/mol. The molecule has 0 aliphatic rings. The fourth-order valence-corrected chi connectivity index (χ4v) is 2.20. The van der Waals surface area contributed by atoms with Gasteiger partial charge in [0.05, 0.1) is 0 Å². The molecule has 0 atom stereocenters. The first kappa shape index (κ1) is 17.4. The van der Waals surface area contributed by atoms with Crippen molar-refractivity contribution in [3.63, 3.8) is 0 Å². The molecule has 0 rings (SSSR count). The van der Waals surface area contributed by atoms with Crippen LogP contribution in [0.15, 0.2) is 10.8 Å². The number of halogens is 1. The quantitative estimate of drug-likeness (QED) is 0.423. The third-order valence-electron chi connectivity index (χ3n) is 2.28. The van der Waals surface area contributed by atoms with Crippen LogP contribution in [0.4, 0.5) is 0 Å². The van der Waals surface area contributed by atoms with Crippen LogP contribution in [-0.2, 0) is 13.9 Å². The van der Waals surface area contributed by atoms with Gasteiger partial charge in [-0.3, -0.25) is 9.36 Å². The monoisotopic (exact) mass is 299 g/mol. The van der Waals surface area contributed by atoms with Gasteiger partial charge in [-0.1, -0.05) is 11.6 Å². The van der Waals surface area contributed by atoms with E-state index in [1.54, 1.807) is 13.8 Å². The molecule has 0 bridgehead atoms. The summed E-state index contributed by atoms with van der Waals surface area (Å²) in [5.74, 6) is -0.512. The molecule has 0 aromatic carbocycles. The van der Waals surface area contributed by atoms with Gasteiger partial charge >= 0.3 is 0 Å². The SMILES string of the molecule is CCN(CC)C(=O)C(Cl)=C(C)OP(=O)(CO)CO. The molecule has 0 unspecified atom stereocenters. The zero-order chi connectivity index (χ0) is 14.3. The first-order valence-corrected chi connectivity index (χ1v) is 7.87. The average Bonchev–Trinajstić information content (AvgIpc) is 2.38. The maximum absolute atomic E-state index is 11.9. The van der Waals surface area contributed by atoms with E-state index in [0.29, 0.717) is 13.1 Å². The van der Waals surface area contributed by atoms with Crippen molar-refractivity contribution in [3.8, 4) is 0 Å². The summed E-state index contributed by atoms with van der Waals surface area (Å²) in [6, 6.07) is 0. The van der Waals surface area contributed by atoms with Crippen molar-refractivity contribution in [2.75, 3.05) is 25.8 Å². The van der Waals surface area contributed by atoms with Crippen molar-refractivity contribution in [3.05, 3.63) is 10.8 Å². The van der Waals surface area contributed by atoms with Gasteiger partial charge in [-0.2, -0.15) is 0 Å². The fourth-order valence-electron chi connectivity index (χ4n) is 1.19. The van der Waals surface area contributed by atoms with Gasteiger partial charge in [-0.05, 0) is 20.8 Å². The molecule has 0 saturated heterocycles. The Kier molecular flexibility index (Phi) is 7.55. The van der Waals surface area contributed by atoms with Crippen LogP contribution in [0.1, 0.15) is 20.8 Å². The lowest BCUT2D eigenvalue weighted by molar-refractivity contribution is -0.126. The minimum atomic E-state index is -3.58. The standard InChI is InChI=1S/C10H19ClNO5P/c1-4-12(5-2)10(15)9(11)8(3)17-18(16,6-13)7-14/h13-14H,4-7H2,1-3H3. The van der Waals surface area contributed by atoms with E-state index in [2.05, 4.69) is 0 Å². The molecule has 1 amide bonds. The molecule has 0 aromatic heterocycles. The third-order valence-corrected chi connectivity index (χ3v) is 4.18. The van der Waals surface area contributed by atoms with Crippen molar-refractivity contribution in [1.29, 1.82) is 0 Å². The zero-order valence-electron chi connectivity index (χ0n) is 10.7. The van der Waals surface area contributed by atoms with Gasteiger partial charge in [0.2, 0.25) is 0 Å². The van der Waals surface area contributed by atoms with Crippen LogP contribution >= 0.6 is 19.0 Å². The van der Waals surface area contributed by atoms with E-state index in [-0.39, 0.29) is 10.8 Å². The second kappa shape index (κ2) is 7.79. The van der Waals surface area contributed by atoms with Crippen molar-refractivity contribution in [2.45, 2.75) is 20.8 Å². The van der Waals surface area contributed by atoms with Gasteiger partial charge in [-0.25, -0.2) is 0 Å². The van der Waals surface area contributed by atoms with E-state index in [4.69, 9.17) is 26.3 Å². The number of aliphatic hydroxyl groups is 2. The van der Waals surface area contributed by atoms with Gasteiger partial charge < -0.3 is 19.6 Å². The summed E-state index contributed by atoms with van der Waals surface area (Å²) in [4.78, 5) is 13.3. The minimum Gasteiger partial charge on any atom is -0.443 e. The summed E-state index contributed by atoms with van der Waals surface area (Å²) < 4.78 is 16.6. The predicted molar refractivity (Wildman–Crippen MR) is 69.3 cm³/mol. The summed E-state index contributed by atoms with van der Waals surface area (Å²) in [7, 11) is -3.58. The Morgan fingerprint density at radius 2 is 1.72 bits per heavy atom. The number of likely N-dealkylation sites (N-methyl/N-ethyl adjacent to an activating group) is 1. The highest BCUT2D eigenvalue weighted by atomic mass is 35.5. The number of rotatable bonds is 7. The number of aliphatic hydroxyl groups excluding tert-OH is 2. The zero-order valence-corrected chi connectivity index (χ0v) is 12.4. The highest BCUT2D eigenvalue weighted by molar-refractivity contribution is 7.58. The largest absolute Gasteiger partial charge is 0.443 e. The van der Waals surface area contributed by atoms with Gasteiger partial charge in [0, 0.05) is 13.1 Å². The molecule has 0 saturated carbocycles. The average molecular weight is 300 g/mol. The number of allylic oxidation sites excluding steroid dienone is 1. The molecule has 6 nitrogen and oxygen atoms in total. The normalized spacial score (nSPS) is 13.0. The van der Waals surface area contributed by atoms with Crippen LogP contribution in [0.5, 0.6) is 0 Å². The van der Waals surface area contributed by atoms with Gasteiger partial charge in [0.15, 0.2) is 0 Å². The summed E-state index contributed by atoms with van der Waals surface area (Å²) >= 11 is 5.83. The van der Waals surface area contributed by atoms with Crippen LogP contribution in [0.3, 0.4) is 0 Å². The second-order valence-corrected chi connectivity index (χ2v) is 6.29. The molecule has 18 heavy (non-hydrogen) atoms. The van der Waals surface area contributed by atoms with Crippen LogP contribution in [0, 0.1) is 0 Å². The first-order valence-electron chi connectivity index (χ1n) is 5.50. The van der Waals surface area contributed by atoms with E-state index >= 15 is 0 Å². The lowest BCUT2D eigenvalue weighted by Gasteiger charge is -2.20. The predicted octanol–water partition coefficient (Wildman–Crippen LogP) is 1.52. The van der Waals surface area contributed by atoms with Crippen LogP contribution in [-0.4, -0.2) is 46.8 Å². The Morgan fingerprint density at radius 3 is 2.06 bits per heavy atom. The number of carbonyl (C=O) groups excluding carboxylic acids is 1. The summed E-state index contributed by atoms with van der Waals surface area (Å²) in [6.07, 6.45) is -1.63. The molecule has 8 heteroatoms. The molecule has 2 N–H and O–H groups in total. The number of hydrogen-bond donors (Lipinski definition) is 2. The molecule has 106 valence electrons. The second-order valence-electron chi connectivity index (χ2n) is 3.54. The Morgan fingerprint density at radius 1 is 1.28 bits per heavy atom. The number of hydrogen-bond acceptors (Lipinski definition) is 5. The van der Waals surface area contributed by atoms with Crippen molar-refractivity contribution in [2.24, 2.45) is 0 Å². The Balaban J connectivity index is 5.02. The van der Waals surface area contributed by atoms with Crippen molar-refractivity contribution in [1.82, 2.24) is 4.90 Å². The Bertz CT molecular complexity index is 359. The van der Waals surface area contributed by atoms with Crippen LogP contribution < -0.4 is 0 Å². The number of carbonyl (C=O) groups is 1. The molecule has 0 aliphatic heterocycles. The van der Waals surface area contributed by atoms with Gasteiger partial charge in [0.1, 0.15) is 23.5 Å².